The molecule has 0 bridgehead atoms. The molecule has 1 aromatic carbocycles. The van der Waals surface area contributed by atoms with E-state index in [4.69, 9.17) is 11.6 Å². The molecule has 0 unspecified atom stereocenters. The van der Waals surface area contributed by atoms with Gasteiger partial charge in [-0.25, -0.2) is 4.98 Å². The Kier molecular flexibility index (Phi) is 3.58. The number of hydrogen-bond acceptors (Lipinski definition) is 2. The number of nitrogens with zero attached hydrogens (tertiary/aromatic N) is 2. The first-order chi connectivity index (χ1) is 9.29. The standard InChI is InChI=1S/C15H15ClN2S/c1-11-4-2-6-13-15(11)17-14(10-16)18(13)8-7-12-5-3-9-19-12/h2-6,9H,7-8,10H2,1H3. The lowest BCUT2D eigenvalue weighted by molar-refractivity contribution is 0.693. The van der Waals surface area contributed by atoms with E-state index in [1.807, 2.05) is 0 Å². The largest absolute Gasteiger partial charge is 0.327 e. The molecule has 0 fully saturated rings. The summed E-state index contributed by atoms with van der Waals surface area (Å²) >= 11 is 7.84. The molecule has 0 radical (unpaired) electrons. The SMILES string of the molecule is Cc1cccc2c1nc(CCl)n2CCc1cccs1. The van der Waals surface area contributed by atoms with Gasteiger partial charge in [-0.1, -0.05) is 18.2 Å². The Labute approximate surface area is 121 Å². The van der Waals surface area contributed by atoms with Gasteiger partial charge in [0.05, 0.1) is 16.9 Å². The molecule has 2 heterocycles. The summed E-state index contributed by atoms with van der Waals surface area (Å²) in [4.78, 5) is 6.06. The molecule has 98 valence electrons. The van der Waals surface area contributed by atoms with Gasteiger partial charge in [0, 0.05) is 11.4 Å². The molecule has 4 heteroatoms. The summed E-state index contributed by atoms with van der Waals surface area (Å²) in [5.41, 5.74) is 3.47. The zero-order valence-electron chi connectivity index (χ0n) is 10.8. The third-order valence-electron chi connectivity index (χ3n) is 3.34. The molecule has 0 saturated heterocycles. The van der Waals surface area contributed by atoms with Crippen LogP contribution in [0.25, 0.3) is 11.0 Å². The molecule has 0 N–H and O–H groups in total. The number of fused-ring (bicyclic) bond motifs is 1. The Morgan fingerprint density at radius 2 is 2.16 bits per heavy atom. The number of para-hydroxylation sites is 1. The molecule has 0 amide bonds. The molecule has 0 aliphatic rings. The first kappa shape index (κ1) is 12.7. The van der Waals surface area contributed by atoms with E-state index in [1.165, 1.54) is 16.0 Å². The summed E-state index contributed by atoms with van der Waals surface area (Å²) in [6.45, 7) is 3.03. The number of rotatable bonds is 4. The Bertz CT molecular complexity index is 686. The van der Waals surface area contributed by atoms with E-state index < -0.39 is 0 Å². The van der Waals surface area contributed by atoms with E-state index in [1.54, 1.807) is 11.3 Å². The van der Waals surface area contributed by atoms with Gasteiger partial charge in [-0.2, -0.15) is 0 Å². The molecule has 0 atom stereocenters. The monoisotopic (exact) mass is 290 g/mol. The fourth-order valence-electron chi connectivity index (χ4n) is 2.36. The molecule has 3 aromatic rings. The third kappa shape index (κ3) is 2.40. The minimum absolute atomic E-state index is 0.457. The second-order valence-corrected chi connectivity index (χ2v) is 5.88. The van der Waals surface area contributed by atoms with E-state index in [-0.39, 0.29) is 0 Å². The quantitative estimate of drug-likeness (QED) is 0.652. The van der Waals surface area contributed by atoms with Gasteiger partial charge in [0.1, 0.15) is 5.82 Å². The third-order valence-corrected chi connectivity index (χ3v) is 4.52. The molecule has 2 aromatic heterocycles. The van der Waals surface area contributed by atoms with E-state index in [9.17, 15) is 0 Å². The van der Waals surface area contributed by atoms with Crippen LogP contribution in [-0.2, 0) is 18.8 Å². The van der Waals surface area contributed by atoms with Crippen LogP contribution in [0.15, 0.2) is 35.7 Å². The summed E-state index contributed by atoms with van der Waals surface area (Å²) in [6, 6.07) is 10.6. The van der Waals surface area contributed by atoms with Crippen LogP contribution >= 0.6 is 22.9 Å². The van der Waals surface area contributed by atoms with Gasteiger partial charge in [-0.15, -0.1) is 22.9 Å². The van der Waals surface area contributed by atoms with Crippen LogP contribution in [0.1, 0.15) is 16.3 Å². The highest BCUT2D eigenvalue weighted by Gasteiger charge is 2.11. The number of thiophene rings is 1. The van der Waals surface area contributed by atoms with Crippen LogP contribution in [0, 0.1) is 6.92 Å². The number of halogens is 1. The van der Waals surface area contributed by atoms with Gasteiger partial charge >= 0.3 is 0 Å². The van der Waals surface area contributed by atoms with Crippen molar-refractivity contribution in [3.05, 3.63) is 52.0 Å². The van der Waals surface area contributed by atoms with Crippen molar-refractivity contribution in [3.8, 4) is 0 Å². The first-order valence-electron chi connectivity index (χ1n) is 6.32. The zero-order chi connectivity index (χ0) is 13.2. The topological polar surface area (TPSA) is 17.8 Å². The maximum atomic E-state index is 6.04. The first-order valence-corrected chi connectivity index (χ1v) is 7.74. The molecule has 0 aliphatic carbocycles. The maximum Gasteiger partial charge on any atom is 0.124 e. The number of hydrogen-bond donors (Lipinski definition) is 0. The molecule has 3 rings (SSSR count). The number of aromatic nitrogens is 2. The second kappa shape index (κ2) is 5.35. The lowest BCUT2D eigenvalue weighted by atomic mass is 10.2. The van der Waals surface area contributed by atoms with Gasteiger partial charge in [-0.05, 0) is 36.4 Å². The van der Waals surface area contributed by atoms with E-state index >= 15 is 0 Å². The molecule has 19 heavy (non-hydrogen) atoms. The zero-order valence-corrected chi connectivity index (χ0v) is 12.3. The van der Waals surface area contributed by atoms with Crippen LogP contribution in [0.5, 0.6) is 0 Å². The Morgan fingerprint density at radius 1 is 1.26 bits per heavy atom. The van der Waals surface area contributed by atoms with Crippen molar-refractivity contribution >= 4 is 34.0 Å². The summed E-state index contributed by atoms with van der Waals surface area (Å²) in [5, 5.41) is 2.12. The van der Waals surface area contributed by atoms with Gasteiger partial charge in [-0.3, -0.25) is 0 Å². The smallest absolute Gasteiger partial charge is 0.124 e. The predicted molar refractivity (Wildman–Crippen MR) is 82.1 cm³/mol. The van der Waals surface area contributed by atoms with Crippen molar-refractivity contribution in [3.63, 3.8) is 0 Å². The van der Waals surface area contributed by atoms with Crippen molar-refractivity contribution in [1.82, 2.24) is 9.55 Å². The highest BCUT2D eigenvalue weighted by molar-refractivity contribution is 7.09. The average Bonchev–Trinajstić information content (AvgIpc) is 3.03. The van der Waals surface area contributed by atoms with Crippen LogP contribution in [0.4, 0.5) is 0 Å². The fraction of sp³-hybridized carbons (Fsp3) is 0.267. The summed E-state index contributed by atoms with van der Waals surface area (Å²) in [5.74, 6) is 1.42. The predicted octanol–water partition coefficient (Wildman–Crippen LogP) is 4.39. The van der Waals surface area contributed by atoms with Crippen LogP contribution in [0.3, 0.4) is 0 Å². The van der Waals surface area contributed by atoms with E-state index in [0.29, 0.717) is 5.88 Å². The number of imidazole rings is 1. The normalized spacial score (nSPS) is 11.3. The highest BCUT2D eigenvalue weighted by Crippen LogP contribution is 2.22. The van der Waals surface area contributed by atoms with Crippen molar-refractivity contribution in [2.75, 3.05) is 0 Å². The maximum absolute atomic E-state index is 6.04. The Balaban J connectivity index is 1.99. The van der Waals surface area contributed by atoms with Crippen molar-refractivity contribution in [2.45, 2.75) is 25.8 Å². The lowest BCUT2D eigenvalue weighted by Crippen LogP contribution is -2.04. The van der Waals surface area contributed by atoms with Crippen molar-refractivity contribution < 1.29 is 0 Å². The number of benzene rings is 1. The lowest BCUT2D eigenvalue weighted by Gasteiger charge is -2.06. The van der Waals surface area contributed by atoms with E-state index in [2.05, 4.69) is 52.2 Å². The van der Waals surface area contributed by atoms with E-state index in [0.717, 1.165) is 24.3 Å². The molecular formula is C15H15ClN2S. The number of aryl methyl sites for hydroxylation is 3. The van der Waals surface area contributed by atoms with Gasteiger partial charge in [0.15, 0.2) is 0 Å². The van der Waals surface area contributed by atoms with Crippen LogP contribution in [0.2, 0.25) is 0 Å². The summed E-state index contributed by atoms with van der Waals surface area (Å²) < 4.78 is 2.25. The fourth-order valence-corrected chi connectivity index (χ4v) is 3.27. The molecule has 0 saturated carbocycles. The average molecular weight is 291 g/mol. The van der Waals surface area contributed by atoms with Crippen LogP contribution < -0.4 is 0 Å². The van der Waals surface area contributed by atoms with Gasteiger partial charge in [0.2, 0.25) is 0 Å². The van der Waals surface area contributed by atoms with Crippen LogP contribution in [-0.4, -0.2) is 9.55 Å². The highest BCUT2D eigenvalue weighted by atomic mass is 35.5. The minimum atomic E-state index is 0.457. The van der Waals surface area contributed by atoms with Crippen molar-refractivity contribution in [1.29, 1.82) is 0 Å². The Hall–Kier alpha value is -1.32. The summed E-state index contributed by atoms with van der Waals surface area (Å²) in [6.07, 6.45) is 1.03. The molecular weight excluding hydrogens is 276 g/mol. The van der Waals surface area contributed by atoms with Gasteiger partial charge < -0.3 is 4.57 Å². The van der Waals surface area contributed by atoms with Crippen molar-refractivity contribution in [2.24, 2.45) is 0 Å². The molecule has 2 nitrogen and oxygen atoms in total. The minimum Gasteiger partial charge on any atom is -0.327 e. The number of alkyl halides is 1. The Morgan fingerprint density at radius 3 is 2.89 bits per heavy atom. The molecule has 0 aliphatic heterocycles. The molecule has 0 spiro atoms. The second-order valence-electron chi connectivity index (χ2n) is 4.59. The van der Waals surface area contributed by atoms with Gasteiger partial charge in [0.25, 0.3) is 0 Å². The summed E-state index contributed by atoms with van der Waals surface area (Å²) in [7, 11) is 0.